The van der Waals surface area contributed by atoms with Crippen LogP contribution in [0.25, 0.3) is 16.2 Å². The Kier molecular flexibility index (Phi) is 4.45. The molecule has 3 heterocycles. The van der Waals surface area contributed by atoms with Gasteiger partial charge in [-0.1, -0.05) is 17.8 Å². The molecule has 1 aliphatic heterocycles. The molecular weight excluding hydrogens is 343 g/mol. The van der Waals surface area contributed by atoms with Crippen LogP contribution in [0.1, 0.15) is 19.3 Å². The quantitative estimate of drug-likeness (QED) is 0.695. The highest BCUT2D eigenvalue weighted by Crippen LogP contribution is 2.30. The highest BCUT2D eigenvalue weighted by atomic mass is 32.2. The number of nitrogens with zero attached hydrogens (tertiary/aromatic N) is 4. The fourth-order valence-corrected chi connectivity index (χ4v) is 4.70. The van der Waals surface area contributed by atoms with Crippen LogP contribution < -0.4 is 4.90 Å². The van der Waals surface area contributed by atoms with Crippen LogP contribution in [0.15, 0.2) is 30.5 Å². The fourth-order valence-electron chi connectivity index (χ4n) is 3.05. The predicted octanol–water partition coefficient (Wildman–Crippen LogP) is 4.32. The molecule has 7 heteroatoms. The lowest BCUT2D eigenvalue weighted by Crippen LogP contribution is -2.29. The van der Waals surface area contributed by atoms with E-state index < -0.39 is 0 Å². The van der Waals surface area contributed by atoms with Gasteiger partial charge >= 0.3 is 0 Å². The van der Waals surface area contributed by atoms with Gasteiger partial charge in [0.2, 0.25) is 10.1 Å². The van der Waals surface area contributed by atoms with Crippen LogP contribution in [0, 0.1) is 5.82 Å². The number of rotatable bonds is 3. The lowest BCUT2D eigenvalue weighted by molar-refractivity contribution is 0.628. The molecule has 0 saturated carbocycles. The standard InChI is InChI=1S/C17H19FN4S2/c1-23-14-4-2-3-9-21(10-14)17-20-22-11-15(19-16(22)24-17)12-5-7-13(18)8-6-12/h5-8,11,14H,2-4,9-10H2,1H3. The van der Waals surface area contributed by atoms with E-state index in [4.69, 9.17) is 5.10 Å². The molecule has 4 rings (SSSR count). The number of anilines is 1. The number of fused-ring (bicyclic) bond motifs is 1. The summed E-state index contributed by atoms with van der Waals surface area (Å²) in [5.74, 6) is -0.232. The summed E-state index contributed by atoms with van der Waals surface area (Å²) in [6.07, 6.45) is 7.91. The highest BCUT2D eigenvalue weighted by Gasteiger charge is 2.21. The Morgan fingerprint density at radius 2 is 2.08 bits per heavy atom. The predicted molar refractivity (Wildman–Crippen MR) is 99.6 cm³/mol. The van der Waals surface area contributed by atoms with E-state index in [9.17, 15) is 4.39 Å². The topological polar surface area (TPSA) is 33.4 Å². The zero-order chi connectivity index (χ0) is 16.5. The molecule has 1 saturated heterocycles. The molecule has 126 valence electrons. The van der Waals surface area contributed by atoms with Crippen LogP contribution in [-0.4, -0.2) is 39.2 Å². The van der Waals surface area contributed by atoms with Crippen molar-refractivity contribution in [1.29, 1.82) is 0 Å². The van der Waals surface area contributed by atoms with E-state index in [1.165, 1.54) is 31.4 Å². The monoisotopic (exact) mass is 362 g/mol. The number of hydrogen-bond donors (Lipinski definition) is 0. The number of hydrogen-bond acceptors (Lipinski definition) is 5. The summed E-state index contributed by atoms with van der Waals surface area (Å²) in [7, 11) is 0. The molecule has 0 N–H and O–H groups in total. The molecular formula is C17H19FN4S2. The van der Waals surface area contributed by atoms with E-state index in [-0.39, 0.29) is 5.82 Å². The lowest BCUT2D eigenvalue weighted by Gasteiger charge is -2.22. The van der Waals surface area contributed by atoms with Crippen LogP contribution in [0.3, 0.4) is 0 Å². The van der Waals surface area contributed by atoms with Crippen molar-refractivity contribution in [2.24, 2.45) is 0 Å². The van der Waals surface area contributed by atoms with Gasteiger partial charge in [-0.25, -0.2) is 13.9 Å². The highest BCUT2D eigenvalue weighted by molar-refractivity contribution is 7.99. The van der Waals surface area contributed by atoms with Crippen molar-refractivity contribution in [2.45, 2.75) is 24.5 Å². The minimum Gasteiger partial charge on any atom is -0.346 e. The maximum Gasteiger partial charge on any atom is 0.214 e. The Bertz CT molecular complexity index is 795. The van der Waals surface area contributed by atoms with Crippen LogP contribution in [0.4, 0.5) is 9.52 Å². The van der Waals surface area contributed by atoms with Crippen LogP contribution in [0.2, 0.25) is 0 Å². The van der Waals surface area contributed by atoms with E-state index in [0.717, 1.165) is 34.4 Å². The molecule has 0 aliphatic carbocycles. The van der Waals surface area contributed by atoms with Crippen LogP contribution in [0.5, 0.6) is 0 Å². The molecule has 0 bridgehead atoms. The Hall–Kier alpha value is -1.60. The van der Waals surface area contributed by atoms with E-state index in [1.807, 2.05) is 22.5 Å². The Morgan fingerprint density at radius 1 is 1.25 bits per heavy atom. The second kappa shape index (κ2) is 6.72. The first-order valence-electron chi connectivity index (χ1n) is 8.13. The van der Waals surface area contributed by atoms with Gasteiger partial charge in [-0.3, -0.25) is 0 Å². The second-order valence-electron chi connectivity index (χ2n) is 6.04. The van der Waals surface area contributed by atoms with Crippen LogP contribution >= 0.6 is 23.1 Å². The van der Waals surface area contributed by atoms with Crippen LogP contribution in [-0.2, 0) is 0 Å². The first-order valence-corrected chi connectivity index (χ1v) is 10.2. The van der Waals surface area contributed by atoms with Gasteiger partial charge in [0.1, 0.15) is 5.82 Å². The summed E-state index contributed by atoms with van der Waals surface area (Å²) in [4.78, 5) is 7.93. The number of benzene rings is 1. The van der Waals surface area contributed by atoms with Gasteiger partial charge in [0, 0.05) is 23.9 Å². The number of thioether (sulfide) groups is 1. The Balaban J connectivity index is 1.60. The first-order chi connectivity index (χ1) is 11.7. The minimum absolute atomic E-state index is 0.232. The van der Waals surface area contributed by atoms with Crippen molar-refractivity contribution in [3.8, 4) is 11.3 Å². The summed E-state index contributed by atoms with van der Waals surface area (Å²) in [6, 6.07) is 6.42. The van der Waals surface area contributed by atoms with Crippen molar-refractivity contribution in [3.63, 3.8) is 0 Å². The lowest BCUT2D eigenvalue weighted by atomic mass is 10.2. The average Bonchev–Trinajstić information content (AvgIpc) is 3.06. The van der Waals surface area contributed by atoms with E-state index >= 15 is 0 Å². The van der Waals surface area contributed by atoms with Gasteiger partial charge in [-0.05, 0) is 43.4 Å². The molecule has 1 atom stereocenters. The molecule has 2 aromatic heterocycles. The molecule has 0 amide bonds. The van der Waals surface area contributed by atoms with Crippen molar-refractivity contribution >= 4 is 33.2 Å². The SMILES string of the molecule is CSC1CCCCN(c2nn3cc(-c4ccc(F)cc4)nc3s2)C1. The molecule has 1 aliphatic rings. The van der Waals surface area contributed by atoms with Crippen molar-refractivity contribution in [2.75, 3.05) is 24.2 Å². The van der Waals surface area contributed by atoms with Gasteiger partial charge in [0.15, 0.2) is 0 Å². The normalized spacial score (nSPS) is 18.9. The molecule has 0 radical (unpaired) electrons. The van der Waals surface area contributed by atoms with Gasteiger partial charge in [0.25, 0.3) is 0 Å². The van der Waals surface area contributed by atoms with E-state index in [2.05, 4.69) is 16.1 Å². The zero-order valence-corrected chi connectivity index (χ0v) is 15.1. The third kappa shape index (κ3) is 3.15. The van der Waals surface area contributed by atoms with Crippen molar-refractivity contribution in [1.82, 2.24) is 14.6 Å². The summed E-state index contributed by atoms with van der Waals surface area (Å²) < 4.78 is 14.9. The number of aromatic nitrogens is 3. The summed E-state index contributed by atoms with van der Waals surface area (Å²) in [5, 5.41) is 6.45. The molecule has 1 fully saturated rings. The largest absolute Gasteiger partial charge is 0.346 e. The first kappa shape index (κ1) is 15.9. The molecule has 1 aromatic carbocycles. The fraction of sp³-hybridized carbons (Fsp3) is 0.412. The molecule has 3 aromatic rings. The maximum atomic E-state index is 13.1. The minimum atomic E-state index is -0.232. The third-order valence-corrected chi connectivity index (χ3v) is 6.44. The molecule has 24 heavy (non-hydrogen) atoms. The number of halogens is 1. The average molecular weight is 362 g/mol. The summed E-state index contributed by atoms with van der Waals surface area (Å²) in [6.45, 7) is 2.13. The van der Waals surface area contributed by atoms with Gasteiger partial charge in [-0.15, -0.1) is 5.10 Å². The Morgan fingerprint density at radius 3 is 2.83 bits per heavy atom. The third-order valence-electron chi connectivity index (χ3n) is 4.40. The summed E-state index contributed by atoms with van der Waals surface area (Å²) in [5.41, 5.74) is 1.74. The molecule has 1 unspecified atom stereocenters. The van der Waals surface area contributed by atoms with E-state index in [0.29, 0.717) is 5.25 Å². The Labute approximate surface area is 148 Å². The van der Waals surface area contributed by atoms with E-state index in [1.54, 1.807) is 23.5 Å². The summed E-state index contributed by atoms with van der Waals surface area (Å²) >= 11 is 3.58. The van der Waals surface area contributed by atoms with Gasteiger partial charge < -0.3 is 4.90 Å². The van der Waals surface area contributed by atoms with Gasteiger partial charge in [0.05, 0.1) is 11.9 Å². The smallest absolute Gasteiger partial charge is 0.214 e. The zero-order valence-electron chi connectivity index (χ0n) is 13.5. The second-order valence-corrected chi connectivity index (χ2v) is 8.12. The number of imidazole rings is 1. The molecule has 0 spiro atoms. The maximum absolute atomic E-state index is 13.1. The van der Waals surface area contributed by atoms with Crippen molar-refractivity contribution in [3.05, 3.63) is 36.3 Å². The van der Waals surface area contributed by atoms with Crippen molar-refractivity contribution < 1.29 is 4.39 Å². The molecule has 4 nitrogen and oxygen atoms in total. The van der Waals surface area contributed by atoms with Gasteiger partial charge in [-0.2, -0.15) is 11.8 Å².